The number of esters is 2. The van der Waals surface area contributed by atoms with Crippen LogP contribution in [0.3, 0.4) is 0 Å². The van der Waals surface area contributed by atoms with Gasteiger partial charge in [-0.25, -0.2) is 14.6 Å². The second-order valence-electron chi connectivity index (χ2n) is 10.6. The monoisotopic (exact) mass is 639 g/mol. The first-order chi connectivity index (χ1) is 21.9. The maximum absolute atomic E-state index is 12.9. The third kappa shape index (κ3) is 7.90. The van der Waals surface area contributed by atoms with E-state index < -0.39 is 11.9 Å². The van der Waals surface area contributed by atoms with Crippen molar-refractivity contribution < 1.29 is 19.1 Å². The van der Waals surface area contributed by atoms with Crippen LogP contribution in [0, 0.1) is 6.92 Å². The highest BCUT2D eigenvalue weighted by atomic mass is 32.1. The summed E-state index contributed by atoms with van der Waals surface area (Å²) in [6, 6.07) is 17.2. The molecule has 0 aromatic carbocycles. The Kier molecular flexibility index (Phi) is 10.9. The van der Waals surface area contributed by atoms with Crippen LogP contribution in [-0.4, -0.2) is 40.1 Å². The lowest BCUT2D eigenvalue weighted by atomic mass is 10.1. The van der Waals surface area contributed by atoms with Crippen molar-refractivity contribution in [3.8, 4) is 43.0 Å². The summed E-state index contributed by atoms with van der Waals surface area (Å²) in [4.78, 5) is 44.2. The van der Waals surface area contributed by atoms with Crippen LogP contribution in [0.15, 0.2) is 67.0 Å². The zero-order valence-electron chi connectivity index (χ0n) is 26.1. The molecule has 5 aromatic heterocycles. The van der Waals surface area contributed by atoms with Gasteiger partial charge in [0.2, 0.25) is 0 Å². The molecule has 7 nitrogen and oxygen atoms in total. The van der Waals surface area contributed by atoms with E-state index in [1.54, 1.807) is 55.6 Å². The maximum Gasteiger partial charge on any atom is 0.338 e. The highest BCUT2D eigenvalue weighted by molar-refractivity contribution is 7.24. The Hall–Kier alpha value is -4.21. The van der Waals surface area contributed by atoms with Crippen molar-refractivity contribution in [3.63, 3.8) is 0 Å². The molecule has 0 saturated carbocycles. The first-order valence-electron chi connectivity index (χ1n) is 15.4. The van der Waals surface area contributed by atoms with Crippen molar-refractivity contribution in [1.82, 2.24) is 15.0 Å². The van der Waals surface area contributed by atoms with Gasteiger partial charge in [-0.05, 0) is 99.3 Å². The van der Waals surface area contributed by atoms with Gasteiger partial charge in [0.15, 0.2) is 0 Å². The zero-order chi connectivity index (χ0) is 31.8. The number of hydrogen-bond donors (Lipinski definition) is 0. The molecule has 5 aromatic rings. The normalized spacial score (nSPS) is 11.0. The van der Waals surface area contributed by atoms with Crippen molar-refractivity contribution in [2.24, 2.45) is 0 Å². The highest BCUT2D eigenvalue weighted by Gasteiger charge is 2.18. The lowest BCUT2D eigenvalue weighted by molar-refractivity contribution is 0.0516. The highest BCUT2D eigenvalue weighted by Crippen LogP contribution is 2.41. The Labute approximate surface area is 272 Å². The lowest BCUT2D eigenvalue weighted by Gasteiger charge is -2.10. The van der Waals surface area contributed by atoms with Crippen LogP contribution in [0.5, 0.6) is 0 Å². The molecule has 9 heteroatoms. The third-order valence-electron chi connectivity index (χ3n) is 7.24. The van der Waals surface area contributed by atoms with Crippen molar-refractivity contribution >= 4 is 34.6 Å². The van der Waals surface area contributed by atoms with E-state index in [9.17, 15) is 9.59 Å². The molecule has 0 radical (unpaired) electrons. The number of rotatable bonds is 13. The topological polar surface area (TPSA) is 91.3 Å². The molecular formula is C36H37N3O4S2. The van der Waals surface area contributed by atoms with Gasteiger partial charge >= 0.3 is 11.9 Å². The van der Waals surface area contributed by atoms with Gasteiger partial charge in [0.25, 0.3) is 0 Å². The van der Waals surface area contributed by atoms with Gasteiger partial charge in [-0.3, -0.25) is 9.97 Å². The zero-order valence-corrected chi connectivity index (χ0v) is 27.7. The van der Waals surface area contributed by atoms with E-state index in [2.05, 4.69) is 42.0 Å². The minimum atomic E-state index is -0.472. The molecule has 5 heterocycles. The molecule has 0 aliphatic carbocycles. The Morgan fingerprint density at radius 1 is 0.689 bits per heavy atom. The predicted molar refractivity (Wildman–Crippen MR) is 182 cm³/mol. The smallest absolute Gasteiger partial charge is 0.338 e. The fraction of sp³-hybridized carbons (Fsp3) is 0.306. The van der Waals surface area contributed by atoms with Crippen LogP contribution in [-0.2, 0) is 15.9 Å². The minimum absolute atomic E-state index is 0.237. The fourth-order valence-corrected chi connectivity index (χ4v) is 7.29. The lowest BCUT2D eigenvalue weighted by Crippen LogP contribution is -2.07. The van der Waals surface area contributed by atoms with Gasteiger partial charge in [0.1, 0.15) is 0 Å². The summed E-state index contributed by atoms with van der Waals surface area (Å²) in [6.07, 6.45) is 9.39. The SMILES string of the molecule is CCCCCCc1cc(C)sc1-c1ccc(-c2ccnc(-c3cc(C(=O)OCC)cc(-c4cc(C(=O)OCC)ccn4)n3)c2)s1. The summed E-state index contributed by atoms with van der Waals surface area (Å²) >= 11 is 3.63. The van der Waals surface area contributed by atoms with Crippen molar-refractivity contribution in [2.75, 3.05) is 13.2 Å². The molecule has 0 saturated heterocycles. The molecule has 0 spiro atoms. The number of carbonyl (C=O) groups excluding carboxylic acids is 2. The largest absolute Gasteiger partial charge is 0.462 e. The van der Waals surface area contributed by atoms with Crippen molar-refractivity contribution in [3.05, 3.63) is 88.6 Å². The molecule has 5 rings (SSSR count). The summed E-state index contributed by atoms with van der Waals surface area (Å²) in [5.41, 5.74) is 5.10. The van der Waals surface area contributed by atoms with Gasteiger partial charge in [-0.1, -0.05) is 26.2 Å². The molecule has 0 fully saturated rings. The Morgan fingerprint density at radius 2 is 1.33 bits per heavy atom. The number of thiophene rings is 2. The molecule has 0 bridgehead atoms. The molecule has 0 unspecified atom stereocenters. The average molecular weight is 640 g/mol. The maximum atomic E-state index is 12.9. The Morgan fingerprint density at radius 3 is 2.04 bits per heavy atom. The standard InChI is InChI=1S/C36H37N3O4S2/c1-5-8-9-10-11-25-18-23(4)44-34(25)33-13-12-32(45-33)24-14-16-37-28(19-24)30-21-27(36(41)43-7-3)22-31(39-30)29-20-26(15-17-38-29)35(40)42-6-2/h12-22H,5-11H2,1-4H3. The van der Waals surface area contributed by atoms with Crippen LogP contribution in [0.2, 0.25) is 0 Å². The Bertz CT molecular complexity index is 1790. The molecule has 0 aliphatic heterocycles. The Balaban J connectivity index is 1.49. The second-order valence-corrected chi connectivity index (χ2v) is 13.0. The molecule has 0 amide bonds. The number of carbonyl (C=O) groups is 2. The number of hydrogen-bond acceptors (Lipinski definition) is 9. The van der Waals surface area contributed by atoms with Crippen LogP contribution in [0.25, 0.3) is 43.0 Å². The summed E-state index contributed by atoms with van der Waals surface area (Å²) in [7, 11) is 0. The van der Waals surface area contributed by atoms with E-state index in [1.165, 1.54) is 52.1 Å². The summed E-state index contributed by atoms with van der Waals surface area (Å²) in [5.74, 6) is -0.923. The van der Waals surface area contributed by atoms with Crippen molar-refractivity contribution in [2.45, 2.75) is 59.8 Å². The number of nitrogens with zero attached hydrogens (tertiary/aromatic N) is 3. The predicted octanol–water partition coefficient (Wildman–Crippen LogP) is 9.45. The average Bonchev–Trinajstić information content (AvgIpc) is 3.70. The van der Waals surface area contributed by atoms with Gasteiger partial charge in [0, 0.05) is 31.9 Å². The number of aromatic nitrogens is 3. The summed E-state index contributed by atoms with van der Waals surface area (Å²) in [6.45, 7) is 8.44. The van der Waals surface area contributed by atoms with E-state index in [-0.39, 0.29) is 13.2 Å². The van der Waals surface area contributed by atoms with Crippen LogP contribution >= 0.6 is 22.7 Å². The van der Waals surface area contributed by atoms with Gasteiger partial charge in [0.05, 0.1) is 47.1 Å². The van der Waals surface area contributed by atoms with Crippen LogP contribution < -0.4 is 0 Å². The minimum Gasteiger partial charge on any atom is -0.462 e. The van der Waals surface area contributed by atoms with Gasteiger partial charge < -0.3 is 9.47 Å². The number of ether oxygens (including phenoxy) is 2. The summed E-state index contributed by atoms with van der Waals surface area (Å²) in [5, 5.41) is 0. The van der Waals surface area contributed by atoms with Crippen molar-refractivity contribution in [1.29, 1.82) is 0 Å². The van der Waals surface area contributed by atoms with Crippen LogP contribution in [0.4, 0.5) is 0 Å². The number of aryl methyl sites for hydroxylation is 2. The van der Waals surface area contributed by atoms with Gasteiger partial charge in [-0.15, -0.1) is 22.7 Å². The molecule has 0 N–H and O–H groups in total. The fourth-order valence-electron chi connectivity index (χ4n) is 5.08. The molecule has 0 atom stereocenters. The number of pyridine rings is 3. The first kappa shape index (κ1) is 32.2. The van der Waals surface area contributed by atoms with Crippen LogP contribution in [0.1, 0.15) is 77.6 Å². The van der Waals surface area contributed by atoms with E-state index in [1.807, 2.05) is 23.5 Å². The summed E-state index contributed by atoms with van der Waals surface area (Å²) < 4.78 is 10.5. The third-order valence-corrected chi connectivity index (χ3v) is 9.65. The first-order valence-corrected chi connectivity index (χ1v) is 17.0. The molecule has 0 aliphatic rings. The molecular weight excluding hydrogens is 603 g/mol. The quantitative estimate of drug-likeness (QED) is 0.0936. The van der Waals surface area contributed by atoms with E-state index >= 15 is 0 Å². The van der Waals surface area contributed by atoms with E-state index in [4.69, 9.17) is 14.5 Å². The molecule has 232 valence electrons. The van der Waals surface area contributed by atoms with E-state index in [0.29, 0.717) is 33.9 Å². The molecule has 45 heavy (non-hydrogen) atoms. The second kappa shape index (κ2) is 15.2. The van der Waals surface area contributed by atoms with Gasteiger partial charge in [-0.2, -0.15) is 0 Å². The number of unbranched alkanes of at least 4 members (excludes halogenated alkanes) is 3. The van der Waals surface area contributed by atoms with E-state index in [0.717, 1.165) is 16.9 Å².